The van der Waals surface area contributed by atoms with Gasteiger partial charge in [0.15, 0.2) is 11.4 Å². The summed E-state index contributed by atoms with van der Waals surface area (Å²) in [6, 6.07) is 10.3. The molecule has 1 aromatic heterocycles. The molecule has 1 saturated heterocycles. The van der Waals surface area contributed by atoms with Crippen molar-refractivity contribution in [3.8, 4) is 5.69 Å². The highest BCUT2D eigenvalue weighted by molar-refractivity contribution is 6.04. The molecule has 0 atom stereocenters. The van der Waals surface area contributed by atoms with Crippen molar-refractivity contribution >= 4 is 23.2 Å². The first-order chi connectivity index (χ1) is 14.7. The van der Waals surface area contributed by atoms with Crippen LogP contribution in [0, 0.1) is 5.82 Å². The number of hydrogen-bond donors (Lipinski definition) is 1. The number of halogens is 4. The molecule has 2 amide bonds. The lowest BCUT2D eigenvalue weighted by molar-refractivity contribution is -0.143. The number of nitrogens with zero attached hydrogens (tertiary/aromatic N) is 4. The van der Waals surface area contributed by atoms with Crippen molar-refractivity contribution in [3.05, 3.63) is 65.7 Å². The van der Waals surface area contributed by atoms with Crippen molar-refractivity contribution in [1.82, 2.24) is 15.0 Å². The van der Waals surface area contributed by atoms with E-state index in [9.17, 15) is 27.2 Å². The van der Waals surface area contributed by atoms with Crippen LogP contribution >= 0.6 is 0 Å². The summed E-state index contributed by atoms with van der Waals surface area (Å²) in [5.74, 6) is -1.75. The molecule has 0 spiro atoms. The maximum absolute atomic E-state index is 13.7. The van der Waals surface area contributed by atoms with Gasteiger partial charge in [-0.25, -0.2) is 9.07 Å². The number of amides is 2. The van der Waals surface area contributed by atoms with E-state index in [1.54, 1.807) is 17.0 Å². The Bertz CT molecular complexity index is 1120. The monoisotopic (exact) mass is 433 g/mol. The molecule has 0 aliphatic carbocycles. The van der Waals surface area contributed by atoms with E-state index in [0.29, 0.717) is 23.3 Å². The molecule has 2 heterocycles. The second-order valence-electron chi connectivity index (χ2n) is 6.82. The molecule has 31 heavy (non-hydrogen) atoms. The van der Waals surface area contributed by atoms with E-state index in [2.05, 4.69) is 15.6 Å². The lowest BCUT2D eigenvalue weighted by atomic mass is 10.2. The lowest BCUT2D eigenvalue weighted by Crippen LogP contribution is -2.23. The molecule has 1 aliphatic heterocycles. The molecule has 7 nitrogen and oxygen atoms in total. The van der Waals surface area contributed by atoms with Crippen LogP contribution in [-0.2, 0) is 11.0 Å². The van der Waals surface area contributed by atoms with E-state index in [-0.39, 0.29) is 17.3 Å². The van der Waals surface area contributed by atoms with Gasteiger partial charge in [-0.15, -0.1) is 5.10 Å². The molecule has 0 bridgehead atoms. The standard InChI is InChI=1S/C20H15F4N5O2/c21-12-3-7-15(8-4-12)29-18(20(22,23)24)17(26-27-29)19(31)25-13-5-9-14(10-6-13)28-11-1-2-16(28)30/h3-10H,1-2,11H2,(H,25,31). The summed E-state index contributed by atoms with van der Waals surface area (Å²) in [6.45, 7) is 0.589. The number of rotatable bonds is 4. The van der Waals surface area contributed by atoms with Gasteiger partial charge < -0.3 is 10.2 Å². The number of hydrogen-bond acceptors (Lipinski definition) is 4. The highest BCUT2D eigenvalue weighted by Crippen LogP contribution is 2.33. The molecule has 0 radical (unpaired) electrons. The van der Waals surface area contributed by atoms with Crippen LogP contribution in [0.4, 0.5) is 28.9 Å². The molecule has 1 aliphatic rings. The van der Waals surface area contributed by atoms with Crippen molar-refractivity contribution in [3.63, 3.8) is 0 Å². The molecule has 3 aromatic rings. The Morgan fingerprint density at radius 2 is 1.65 bits per heavy atom. The Morgan fingerprint density at radius 1 is 1.00 bits per heavy atom. The van der Waals surface area contributed by atoms with Crippen LogP contribution in [0.15, 0.2) is 48.5 Å². The van der Waals surface area contributed by atoms with Crippen LogP contribution < -0.4 is 10.2 Å². The summed E-state index contributed by atoms with van der Waals surface area (Å²) in [4.78, 5) is 25.9. The molecular weight excluding hydrogens is 418 g/mol. The molecule has 0 unspecified atom stereocenters. The van der Waals surface area contributed by atoms with Gasteiger partial charge in [0.1, 0.15) is 5.82 Å². The molecule has 0 saturated carbocycles. The molecule has 1 N–H and O–H groups in total. The smallest absolute Gasteiger partial charge is 0.321 e. The van der Waals surface area contributed by atoms with Gasteiger partial charge in [0, 0.05) is 24.3 Å². The van der Waals surface area contributed by atoms with Gasteiger partial charge in [-0.1, -0.05) is 5.21 Å². The number of benzene rings is 2. The lowest BCUT2D eigenvalue weighted by Gasteiger charge is -2.16. The van der Waals surface area contributed by atoms with Crippen LogP contribution in [0.3, 0.4) is 0 Å². The van der Waals surface area contributed by atoms with Crippen molar-refractivity contribution in [2.45, 2.75) is 19.0 Å². The fourth-order valence-corrected chi connectivity index (χ4v) is 3.29. The van der Waals surface area contributed by atoms with Crippen LogP contribution in [0.2, 0.25) is 0 Å². The van der Waals surface area contributed by atoms with Gasteiger partial charge in [0.2, 0.25) is 5.91 Å². The second kappa shape index (κ2) is 7.82. The second-order valence-corrected chi connectivity index (χ2v) is 6.82. The normalized spacial score (nSPS) is 14.2. The average Bonchev–Trinajstić information content (AvgIpc) is 3.36. The molecule has 4 rings (SSSR count). The molecule has 160 valence electrons. The Hall–Kier alpha value is -3.76. The quantitative estimate of drug-likeness (QED) is 0.635. The largest absolute Gasteiger partial charge is 0.435 e. The van der Waals surface area contributed by atoms with Crippen molar-refractivity contribution in [2.75, 3.05) is 16.8 Å². The maximum atomic E-state index is 13.7. The van der Waals surface area contributed by atoms with E-state index in [4.69, 9.17) is 0 Å². The number of alkyl halides is 3. The number of carbonyl (C=O) groups excluding carboxylic acids is 2. The average molecular weight is 433 g/mol. The van der Waals surface area contributed by atoms with E-state index in [1.807, 2.05) is 0 Å². The maximum Gasteiger partial charge on any atom is 0.435 e. The third-order valence-corrected chi connectivity index (χ3v) is 4.74. The summed E-state index contributed by atoms with van der Waals surface area (Å²) < 4.78 is 54.6. The van der Waals surface area contributed by atoms with Crippen molar-refractivity contribution in [1.29, 1.82) is 0 Å². The fraction of sp³-hybridized carbons (Fsp3) is 0.200. The first-order valence-electron chi connectivity index (χ1n) is 9.24. The SMILES string of the molecule is O=C(Nc1ccc(N2CCCC2=O)cc1)c1nnn(-c2ccc(F)cc2)c1C(F)(F)F. The van der Waals surface area contributed by atoms with Crippen LogP contribution in [-0.4, -0.2) is 33.4 Å². The number of carbonyl (C=O) groups is 2. The minimum absolute atomic E-state index is 0.0102. The summed E-state index contributed by atoms with van der Waals surface area (Å²) in [6.07, 6.45) is -3.73. The number of aromatic nitrogens is 3. The summed E-state index contributed by atoms with van der Waals surface area (Å²) in [7, 11) is 0. The van der Waals surface area contributed by atoms with Gasteiger partial charge >= 0.3 is 6.18 Å². The predicted octanol–water partition coefficient (Wildman–Crippen LogP) is 3.80. The molecule has 2 aromatic carbocycles. The van der Waals surface area contributed by atoms with Crippen LogP contribution in [0.1, 0.15) is 29.0 Å². The van der Waals surface area contributed by atoms with Crippen molar-refractivity contribution < 1.29 is 27.2 Å². The van der Waals surface area contributed by atoms with Crippen LogP contribution in [0.25, 0.3) is 5.69 Å². The Labute approximate surface area is 173 Å². The number of anilines is 2. The third kappa shape index (κ3) is 4.11. The third-order valence-electron chi connectivity index (χ3n) is 4.74. The van der Waals surface area contributed by atoms with E-state index >= 15 is 0 Å². The van der Waals surface area contributed by atoms with Gasteiger partial charge in [-0.2, -0.15) is 13.2 Å². The topological polar surface area (TPSA) is 80.1 Å². The molecular formula is C20H15F4N5O2. The Morgan fingerprint density at radius 3 is 2.23 bits per heavy atom. The van der Waals surface area contributed by atoms with Gasteiger partial charge in [-0.3, -0.25) is 9.59 Å². The highest BCUT2D eigenvalue weighted by atomic mass is 19.4. The summed E-state index contributed by atoms with van der Waals surface area (Å²) in [5.41, 5.74) is -1.53. The summed E-state index contributed by atoms with van der Waals surface area (Å²) >= 11 is 0. The van der Waals surface area contributed by atoms with Crippen LogP contribution in [0.5, 0.6) is 0 Å². The predicted molar refractivity (Wildman–Crippen MR) is 102 cm³/mol. The van der Waals surface area contributed by atoms with Gasteiger partial charge in [0.25, 0.3) is 5.91 Å². The first kappa shape index (κ1) is 20.5. The van der Waals surface area contributed by atoms with Crippen molar-refractivity contribution in [2.24, 2.45) is 0 Å². The fourth-order valence-electron chi connectivity index (χ4n) is 3.29. The first-order valence-corrected chi connectivity index (χ1v) is 9.24. The van der Waals surface area contributed by atoms with Gasteiger partial charge in [0.05, 0.1) is 5.69 Å². The minimum Gasteiger partial charge on any atom is -0.321 e. The van der Waals surface area contributed by atoms with E-state index in [1.165, 1.54) is 12.1 Å². The Balaban J connectivity index is 1.60. The number of nitrogens with one attached hydrogen (secondary N) is 1. The molecule has 1 fully saturated rings. The zero-order chi connectivity index (χ0) is 22.2. The Kier molecular flexibility index (Phi) is 5.17. The zero-order valence-corrected chi connectivity index (χ0v) is 15.9. The van der Waals surface area contributed by atoms with E-state index in [0.717, 1.165) is 30.7 Å². The van der Waals surface area contributed by atoms with E-state index < -0.39 is 29.3 Å². The highest BCUT2D eigenvalue weighted by Gasteiger charge is 2.42. The van der Waals surface area contributed by atoms with Gasteiger partial charge in [-0.05, 0) is 55.0 Å². The zero-order valence-electron chi connectivity index (χ0n) is 15.9. The molecule has 11 heteroatoms. The minimum atomic E-state index is -4.94. The summed E-state index contributed by atoms with van der Waals surface area (Å²) in [5, 5.41) is 9.20.